The van der Waals surface area contributed by atoms with Gasteiger partial charge in [-0.25, -0.2) is 5.06 Å². The van der Waals surface area contributed by atoms with E-state index in [0.717, 1.165) is 12.8 Å². The first kappa shape index (κ1) is 8.69. The van der Waals surface area contributed by atoms with E-state index in [1.807, 2.05) is 0 Å². The largest absolute Gasteiger partial charge is 0.300 e. The molecule has 0 atom stereocenters. The van der Waals surface area contributed by atoms with Crippen LogP contribution in [0.15, 0.2) is 0 Å². The van der Waals surface area contributed by atoms with E-state index in [0.29, 0.717) is 19.4 Å². The zero-order valence-corrected chi connectivity index (χ0v) is 7.71. The molecule has 1 aliphatic carbocycles. The van der Waals surface area contributed by atoms with Crippen LogP contribution in [0.25, 0.3) is 0 Å². The Morgan fingerprint density at radius 3 is 2.77 bits per heavy atom. The molecular formula is C9H13NO3. The van der Waals surface area contributed by atoms with Gasteiger partial charge < -0.3 is 0 Å². The summed E-state index contributed by atoms with van der Waals surface area (Å²) >= 11 is 0. The van der Waals surface area contributed by atoms with Gasteiger partial charge in [-0.1, -0.05) is 0 Å². The number of nitrogens with zero attached hydrogens (tertiary/aromatic N) is 1. The number of hydrogen-bond acceptors (Lipinski definition) is 3. The summed E-state index contributed by atoms with van der Waals surface area (Å²) in [5.74, 6) is 0.117. The van der Waals surface area contributed by atoms with Crippen LogP contribution in [0.2, 0.25) is 0 Å². The highest BCUT2D eigenvalue weighted by molar-refractivity contribution is 5.80. The molecule has 1 saturated carbocycles. The summed E-state index contributed by atoms with van der Waals surface area (Å²) in [6, 6.07) is 0. The zero-order valence-electron chi connectivity index (χ0n) is 7.71. The van der Waals surface area contributed by atoms with Crippen molar-refractivity contribution in [2.75, 3.05) is 6.54 Å². The molecule has 2 aliphatic rings. The average Bonchev–Trinajstić information content (AvgIpc) is 2.69. The number of ketones is 1. The molecule has 1 spiro atoms. The van der Waals surface area contributed by atoms with Gasteiger partial charge in [-0.2, -0.15) is 0 Å². The molecule has 13 heavy (non-hydrogen) atoms. The smallest absolute Gasteiger partial charge is 0.249 e. The second-order valence-corrected chi connectivity index (χ2v) is 3.90. The summed E-state index contributed by atoms with van der Waals surface area (Å²) in [7, 11) is 0. The topological polar surface area (TPSA) is 46.6 Å². The van der Waals surface area contributed by atoms with E-state index in [4.69, 9.17) is 4.84 Å². The fraction of sp³-hybridized carbons (Fsp3) is 0.778. The first-order chi connectivity index (χ1) is 6.11. The first-order valence-electron chi connectivity index (χ1n) is 4.60. The number of rotatable bonds is 3. The zero-order chi connectivity index (χ0) is 9.47. The van der Waals surface area contributed by atoms with E-state index in [9.17, 15) is 9.59 Å². The number of carbonyl (C=O) groups is 2. The van der Waals surface area contributed by atoms with Crippen LogP contribution in [0.4, 0.5) is 0 Å². The Bertz CT molecular complexity index is 258. The van der Waals surface area contributed by atoms with Crippen molar-refractivity contribution >= 4 is 11.7 Å². The van der Waals surface area contributed by atoms with Crippen LogP contribution in [0.3, 0.4) is 0 Å². The van der Waals surface area contributed by atoms with E-state index in [1.54, 1.807) is 0 Å². The van der Waals surface area contributed by atoms with Gasteiger partial charge in [0.1, 0.15) is 11.4 Å². The van der Waals surface area contributed by atoms with Gasteiger partial charge in [-0.15, -0.1) is 0 Å². The lowest BCUT2D eigenvalue weighted by molar-refractivity contribution is -0.178. The highest BCUT2D eigenvalue weighted by Crippen LogP contribution is 2.47. The van der Waals surface area contributed by atoms with E-state index in [-0.39, 0.29) is 17.3 Å². The third-order valence-electron chi connectivity index (χ3n) is 2.53. The molecule has 1 aliphatic heterocycles. The van der Waals surface area contributed by atoms with E-state index in [1.165, 1.54) is 12.0 Å². The van der Waals surface area contributed by atoms with Gasteiger partial charge in [0.25, 0.3) is 0 Å². The van der Waals surface area contributed by atoms with Crippen LogP contribution in [0.1, 0.15) is 32.6 Å². The maximum Gasteiger partial charge on any atom is 0.249 e. The molecule has 0 bridgehead atoms. The highest BCUT2D eigenvalue weighted by atomic mass is 16.7. The molecule has 72 valence electrons. The van der Waals surface area contributed by atoms with Crippen molar-refractivity contribution in [3.05, 3.63) is 0 Å². The maximum atomic E-state index is 11.3. The number of amides is 1. The number of hydrogen-bond donors (Lipinski definition) is 0. The van der Waals surface area contributed by atoms with Gasteiger partial charge >= 0.3 is 0 Å². The average molecular weight is 183 g/mol. The Kier molecular flexibility index (Phi) is 1.87. The molecule has 0 unspecified atom stereocenters. The minimum absolute atomic E-state index is 0.0266. The number of Topliss-reactive ketones (excluding diaryl/α,β-unsaturated/α-hetero) is 1. The Balaban J connectivity index is 1.86. The maximum absolute atomic E-state index is 11.3. The van der Waals surface area contributed by atoms with Crippen molar-refractivity contribution < 1.29 is 14.4 Å². The van der Waals surface area contributed by atoms with Crippen molar-refractivity contribution in [3.8, 4) is 0 Å². The van der Waals surface area contributed by atoms with Crippen molar-refractivity contribution in [1.29, 1.82) is 0 Å². The molecule has 4 nitrogen and oxygen atoms in total. The number of hydroxylamine groups is 2. The van der Waals surface area contributed by atoms with Gasteiger partial charge in [0, 0.05) is 6.42 Å². The minimum atomic E-state index is -0.159. The summed E-state index contributed by atoms with van der Waals surface area (Å²) < 4.78 is 0. The molecule has 2 fully saturated rings. The quantitative estimate of drug-likeness (QED) is 0.645. The standard InChI is InChI=1S/C9H13NO3/c1-7(11)2-5-10-8(12)6-9(13-10)3-4-9/h2-6H2,1H3. The van der Waals surface area contributed by atoms with E-state index in [2.05, 4.69) is 0 Å². The summed E-state index contributed by atoms with van der Waals surface area (Å²) in [6.07, 6.45) is 2.86. The van der Waals surface area contributed by atoms with Crippen LogP contribution in [-0.2, 0) is 14.4 Å². The Morgan fingerprint density at radius 1 is 1.62 bits per heavy atom. The SMILES string of the molecule is CC(=O)CCN1OC2(CC2)CC1=O. The van der Waals surface area contributed by atoms with Gasteiger partial charge in [0.15, 0.2) is 0 Å². The molecule has 1 saturated heterocycles. The van der Waals surface area contributed by atoms with Crippen LogP contribution in [-0.4, -0.2) is 28.9 Å². The summed E-state index contributed by atoms with van der Waals surface area (Å²) in [4.78, 5) is 27.5. The molecule has 0 radical (unpaired) electrons. The summed E-state index contributed by atoms with van der Waals surface area (Å²) in [6.45, 7) is 1.93. The number of carbonyl (C=O) groups excluding carboxylic acids is 2. The second-order valence-electron chi connectivity index (χ2n) is 3.90. The Labute approximate surface area is 76.8 Å². The van der Waals surface area contributed by atoms with Crippen LogP contribution >= 0.6 is 0 Å². The fourth-order valence-corrected chi connectivity index (χ4v) is 1.52. The molecule has 2 rings (SSSR count). The van der Waals surface area contributed by atoms with Crippen molar-refractivity contribution in [1.82, 2.24) is 5.06 Å². The highest BCUT2D eigenvalue weighted by Gasteiger charge is 2.54. The third kappa shape index (κ3) is 1.72. The van der Waals surface area contributed by atoms with E-state index >= 15 is 0 Å². The molecular weight excluding hydrogens is 170 g/mol. The molecule has 1 amide bonds. The monoisotopic (exact) mass is 183 g/mol. The molecule has 4 heteroatoms. The Hall–Kier alpha value is -0.900. The third-order valence-corrected chi connectivity index (χ3v) is 2.53. The Morgan fingerprint density at radius 2 is 2.31 bits per heavy atom. The van der Waals surface area contributed by atoms with Crippen LogP contribution < -0.4 is 0 Å². The van der Waals surface area contributed by atoms with Gasteiger partial charge in [0.2, 0.25) is 5.91 Å². The molecule has 0 aromatic carbocycles. The van der Waals surface area contributed by atoms with Gasteiger partial charge in [-0.05, 0) is 19.8 Å². The van der Waals surface area contributed by atoms with Crippen molar-refractivity contribution in [2.45, 2.75) is 38.2 Å². The van der Waals surface area contributed by atoms with Crippen LogP contribution in [0.5, 0.6) is 0 Å². The van der Waals surface area contributed by atoms with Crippen LogP contribution in [0, 0.1) is 0 Å². The van der Waals surface area contributed by atoms with Gasteiger partial charge in [-0.3, -0.25) is 14.4 Å². The molecule has 0 N–H and O–H groups in total. The van der Waals surface area contributed by atoms with Gasteiger partial charge in [0.05, 0.1) is 13.0 Å². The predicted octanol–water partition coefficient (Wildman–Crippen LogP) is 0.662. The summed E-state index contributed by atoms with van der Waals surface area (Å²) in [5, 5.41) is 1.36. The normalized spacial score (nSPS) is 24.1. The minimum Gasteiger partial charge on any atom is -0.300 e. The molecule has 1 heterocycles. The first-order valence-corrected chi connectivity index (χ1v) is 4.60. The molecule has 0 aromatic rings. The lowest BCUT2D eigenvalue weighted by Crippen LogP contribution is -2.26. The summed E-state index contributed by atoms with van der Waals surface area (Å²) in [5.41, 5.74) is -0.159. The van der Waals surface area contributed by atoms with E-state index < -0.39 is 0 Å². The van der Waals surface area contributed by atoms with Crippen molar-refractivity contribution in [3.63, 3.8) is 0 Å². The lowest BCUT2D eigenvalue weighted by Gasteiger charge is -2.14. The second kappa shape index (κ2) is 2.80. The fourth-order valence-electron chi connectivity index (χ4n) is 1.52. The van der Waals surface area contributed by atoms with Crippen molar-refractivity contribution in [2.24, 2.45) is 0 Å². The predicted molar refractivity (Wildman–Crippen MR) is 44.7 cm³/mol. The lowest BCUT2D eigenvalue weighted by atomic mass is 10.2. The molecule has 0 aromatic heterocycles.